The van der Waals surface area contributed by atoms with Gasteiger partial charge in [-0.2, -0.15) is 0 Å². The summed E-state index contributed by atoms with van der Waals surface area (Å²) in [5.74, 6) is -0.783. The number of amides is 2. The number of carbonyl (C=O) groups is 2. The van der Waals surface area contributed by atoms with Crippen LogP contribution in [-0.4, -0.2) is 64.3 Å². The fraction of sp³-hybridized carbons (Fsp3) is 0.846. The van der Waals surface area contributed by atoms with Gasteiger partial charge in [0.15, 0.2) is 0 Å². The summed E-state index contributed by atoms with van der Waals surface area (Å²) in [7, 11) is 1.65. The molecule has 0 aromatic heterocycles. The molecule has 1 fully saturated rings. The van der Waals surface area contributed by atoms with Crippen molar-refractivity contribution in [3.05, 3.63) is 0 Å². The summed E-state index contributed by atoms with van der Waals surface area (Å²) < 4.78 is 0. The van der Waals surface area contributed by atoms with Crippen LogP contribution in [0.5, 0.6) is 0 Å². The second-order valence-corrected chi connectivity index (χ2v) is 6.00. The zero-order valence-corrected chi connectivity index (χ0v) is 11.9. The lowest BCUT2D eigenvalue weighted by atomic mass is 9.95. The van der Waals surface area contributed by atoms with Crippen LogP contribution in [0.4, 0.5) is 4.79 Å². The van der Waals surface area contributed by atoms with E-state index < -0.39 is 11.6 Å². The molecule has 110 valence electrons. The number of carboxylic acid groups (broad SMARTS) is 1. The van der Waals surface area contributed by atoms with Gasteiger partial charge < -0.3 is 20.0 Å². The molecule has 0 aromatic carbocycles. The molecule has 0 spiro atoms. The monoisotopic (exact) mass is 272 g/mol. The minimum absolute atomic E-state index is 0.0331. The average molecular weight is 272 g/mol. The van der Waals surface area contributed by atoms with Crippen LogP contribution in [0, 0.1) is 5.92 Å². The van der Waals surface area contributed by atoms with Crippen molar-refractivity contribution in [1.29, 1.82) is 0 Å². The first kappa shape index (κ1) is 15.8. The summed E-state index contributed by atoms with van der Waals surface area (Å²) in [6.45, 7) is 4.71. The van der Waals surface area contributed by atoms with Gasteiger partial charge in [0, 0.05) is 26.6 Å². The number of likely N-dealkylation sites (N-methyl/N-ethyl adjacent to an activating group) is 1. The van der Waals surface area contributed by atoms with Crippen LogP contribution in [-0.2, 0) is 4.79 Å². The first-order valence-electron chi connectivity index (χ1n) is 6.63. The number of nitrogens with zero attached hydrogens (tertiary/aromatic N) is 2. The highest BCUT2D eigenvalue weighted by Crippen LogP contribution is 2.20. The van der Waals surface area contributed by atoms with E-state index in [4.69, 9.17) is 5.11 Å². The third-order valence-electron chi connectivity index (χ3n) is 3.20. The number of aliphatic hydroxyl groups is 1. The van der Waals surface area contributed by atoms with Crippen LogP contribution in [0.15, 0.2) is 0 Å². The molecule has 0 aromatic rings. The van der Waals surface area contributed by atoms with E-state index in [0.29, 0.717) is 13.1 Å². The lowest BCUT2D eigenvalue weighted by Crippen LogP contribution is -2.49. The maximum absolute atomic E-state index is 12.2. The van der Waals surface area contributed by atoms with Crippen molar-refractivity contribution in [3.63, 3.8) is 0 Å². The summed E-state index contributed by atoms with van der Waals surface area (Å²) in [5.41, 5.74) is -0.930. The Hall–Kier alpha value is -1.30. The Morgan fingerprint density at radius 2 is 2.05 bits per heavy atom. The average Bonchev–Trinajstić information content (AvgIpc) is 2.25. The molecular formula is C13H24N2O4. The summed E-state index contributed by atoms with van der Waals surface area (Å²) in [5, 5.41) is 18.5. The van der Waals surface area contributed by atoms with Crippen molar-refractivity contribution in [2.24, 2.45) is 5.92 Å². The fourth-order valence-electron chi connectivity index (χ4n) is 2.54. The second-order valence-electron chi connectivity index (χ2n) is 6.00. The summed E-state index contributed by atoms with van der Waals surface area (Å²) in [4.78, 5) is 26.1. The van der Waals surface area contributed by atoms with Crippen molar-refractivity contribution >= 4 is 12.0 Å². The topological polar surface area (TPSA) is 81.1 Å². The standard InChI is InChI=1S/C13H24N2O4/c1-13(2,19)9-14(3)12(18)15-6-4-5-10(8-15)7-11(16)17/h10,19H,4-9H2,1-3H3,(H,16,17). The molecular weight excluding hydrogens is 248 g/mol. The van der Waals surface area contributed by atoms with Gasteiger partial charge in [-0.25, -0.2) is 4.79 Å². The third kappa shape index (κ3) is 5.46. The molecule has 1 unspecified atom stereocenters. The van der Waals surface area contributed by atoms with Gasteiger partial charge in [-0.1, -0.05) is 0 Å². The molecule has 6 nitrogen and oxygen atoms in total. The molecule has 1 heterocycles. The largest absolute Gasteiger partial charge is 0.481 e. The molecule has 0 bridgehead atoms. The maximum Gasteiger partial charge on any atom is 0.319 e. The number of hydrogen-bond acceptors (Lipinski definition) is 3. The Labute approximate surface area is 114 Å². The van der Waals surface area contributed by atoms with Gasteiger partial charge in [-0.3, -0.25) is 4.79 Å². The predicted molar refractivity (Wildman–Crippen MR) is 70.9 cm³/mol. The number of hydrogen-bond donors (Lipinski definition) is 2. The molecule has 1 rings (SSSR count). The van der Waals surface area contributed by atoms with E-state index in [0.717, 1.165) is 12.8 Å². The molecule has 2 N–H and O–H groups in total. The molecule has 0 saturated carbocycles. The van der Waals surface area contributed by atoms with E-state index in [9.17, 15) is 14.7 Å². The van der Waals surface area contributed by atoms with Crippen LogP contribution in [0.1, 0.15) is 33.1 Å². The molecule has 6 heteroatoms. The van der Waals surface area contributed by atoms with Crippen molar-refractivity contribution in [2.75, 3.05) is 26.7 Å². The van der Waals surface area contributed by atoms with Crippen molar-refractivity contribution in [1.82, 2.24) is 9.80 Å². The first-order valence-corrected chi connectivity index (χ1v) is 6.63. The van der Waals surface area contributed by atoms with Crippen molar-refractivity contribution in [2.45, 2.75) is 38.7 Å². The first-order chi connectivity index (χ1) is 8.69. The number of carbonyl (C=O) groups excluding carboxylic acids is 1. The molecule has 0 aliphatic carbocycles. The van der Waals surface area contributed by atoms with Gasteiger partial charge in [0.25, 0.3) is 0 Å². The minimum atomic E-state index is -0.930. The van der Waals surface area contributed by atoms with Crippen LogP contribution >= 0.6 is 0 Å². The number of urea groups is 1. The number of rotatable bonds is 4. The quantitative estimate of drug-likeness (QED) is 0.800. The Morgan fingerprint density at radius 1 is 1.42 bits per heavy atom. The lowest BCUT2D eigenvalue weighted by Gasteiger charge is -2.36. The van der Waals surface area contributed by atoms with Gasteiger partial charge in [-0.15, -0.1) is 0 Å². The van der Waals surface area contributed by atoms with Crippen LogP contribution in [0.25, 0.3) is 0 Å². The molecule has 1 aliphatic rings. The van der Waals surface area contributed by atoms with Gasteiger partial charge in [0.1, 0.15) is 0 Å². The molecule has 2 amide bonds. The molecule has 1 atom stereocenters. The molecule has 0 radical (unpaired) electrons. The Bertz CT molecular complexity index is 338. The SMILES string of the molecule is CN(CC(C)(C)O)C(=O)N1CCCC(CC(=O)O)C1. The number of aliphatic carboxylic acids is 1. The third-order valence-corrected chi connectivity index (χ3v) is 3.20. The summed E-state index contributed by atoms with van der Waals surface area (Å²) in [6, 6.07) is -0.141. The maximum atomic E-state index is 12.2. The van der Waals surface area contributed by atoms with Crippen molar-refractivity contribution < 1.29 is 19.8 Å². The number of carboxylic acids is 1. The highest BCUT2D eigenvalue weighted by atomic mass is 16.4. The van der Waals surface area contributed by atoms with E-state index >= 15 is 0 Å². The number of likely N-dealkylation sites (tertiary alicyclic amines) is 1. The van der Waals surface area contributed by atoms with Crippen molar-refractivity contribution in [3.8, 4) is 0 Å². The van der Waals surface area contributed by atoms with Crippen LogP contribution < -0.4 is 0 Å². The van der Waals surface area contributed by atoms with Gasteiger partial charge in [0.2, 0.25) is 0 Å². The molecule has 1 saturated heterocycles. The molecule has 1 aliphatic heterocycles. The smallest absolute Gasteiger partial charge is 0.319 e. The van der Waals surface area contributed by atoms with E-state index in [1.807, 2.05) is 0 Å². The zero-order valence-electron chi connectivity index (χ0n) is 11.9. The lowest BCUT2D eigenvalue weighted by molar-refractivity contribution is -0.138. The minimum Gasteiger partial charge on any atom is -0.481 e. The normalized spacial score (nSPS) is 20.2. The highest BCUT2D eigenvalue weighted by Gasteiger charge is 2.28. The Balaban J connectivity index is 2.54. The van der Waals surface area contributed by atoms with E-state index in [2.05, 4.69) is 0 Å². The zero-order chi connectivity index (χ0) is 14.6. The van der Waals surface area contributed by atoms with E-state index in [1.54, 1.807) is 25.8 Å². The molecule has 19 heavy (non-hydrogen) atoms. The Morgan fingerprint density at radius 3 is 2.58 bits per heavy atom. The van der Waals surface area contributed by atoms with E-state index in [-0.39, 0.29) is 24.9 Å². The summed E-state index contributed by atoms with van der Waals surface area (Å²) >= 11 is 0. The van der Waals surface area contributed by atoms with E-state index in [1.165, 1.54) is 4.90 Å². The predicted octanol–water partition coefficient (Wildman–Crippen LogP) is 0.996. The fourth-order valence-corrected chi connectivity index (χ4v) is 2.54. The van der Waals surface area contributed by atoms with Crippen LogP contribution in [0.2, 0.25) is 0 Å². The van der Waals surface area contributed by atoms with Gasteiger partial charge in [0.05, 0.1) is 12.1 Å². The number of piperidine rings is 1. The Kier molecular flexibility index (Phi) is 5.17. The summed E-state index contributed by atoms with van der Waals surface area (Å²) in [6.07, 6.45) is 1.80. The highest BCUT2D eigenvalue weighted by molar-refractivity contribution is 5.74. The van der Waals surface area contributed by atoms with Gasteiger partial charge >= 0.3 is 12.0 Å². The van der Waals surface area contributed by atoms with Crippen LogP contribution in [0.3, 0.4) is 0 Å². The van der Waals surface area contributed by atoms with Gasteiger partial charge in [-0.05, 0) is 32.6 Å². The second kappa shape index (κ2) is 6.23.